The lowest BCUT2D eigenvalue weighted by atomic mass is 10.1. The number of halogens is 2. The van der Waals surface area contributed by atoms with E-state index < -0.39 is 5.82 Å². The summed E-state index contributed by atoms with van der Waals surface area (Å²) in [4.78, 5) is 4.23. The molecule has 0 saturated carbocycles. The first-order chi connectivity index (χ1) is 10.2. The van der Waals surface area contributed by atoms with Crippen LogP contribution in [0.4, 0.5) is 4.39 Å². The minimum Gasteiger partial charge on any atom is -0.334 e. The molecule has 2 aromatic carbocycles. The first-order valence-corrected chi connectivity index (χ1v) is 6.35. The van der Waals surface area contributed by atoms with E-state index in [9.17, 15) is 4.39 Å². The predicted molar refractivity (Wildman–Crippen MR) is 74.9 cm³/mol. The maximum Gasteiger partial charge on any atom is 0.258 e. The molecule has 0 saturated heterocycles. The van der Waals surface area contributed by atoms with Gasteiger partial charge in [0.25, 0.3) is 5.89 Å². The van der Waals surface area contributed by atoms with Gasteiger partial charge in [-0.25, -0.2) is 4.39 Å². The topological polar surface area (TPSA) is 62.7 Å². The summed E-state index contributed by atoms with van der Waals surface area (Å²) in [5.41, 5.74) is 1.69. The summed E-state index contributed by atoms with van der Waals surface area (Å²) >= 11 is 5.73. The zero-order valence-electron chi connectivity index (χ0n) is 10.5. The van der Waals surface area contributed by atoms with Crippen molar-refractivity contribution >= 4 is 11.6 Å². The number of aromatic nitrogens is 2. The SMILES string of the molecule is N#Cc1cccc(-c2nc(-c3ccc(F)c(Cl)c3)no2)c1. The summed E-state index contributed by atoms with van der Waals surface area (Å²) in [5.74, 6) is 0.0719. The molecule has 0 aliphatic carbocycles. The van der Waals surface area contributed by atoms with Gasteiger partial charge in [-0.1, -0.05) is 22.8 Å². The molecule has 0 aliphatic rings. The van der Waals surface area contributed by atoms with Crippen LogP contribution in [0, 0.1) is 17.1 Å². The highest BCUT2D eigenvalue weighted by atomic mass is 35.5. The van der Waals surface area contributed by atoms with Crippen molar-refractivity contribution in [1.29, 1.82) is 5.26 Å². The molecule has 1 aromatic heterocycles. The predicted octanol–water partition coefficient (Wildman–Crippen LogP) is 4.07. The fourth-order valence-electron chi connectivity index (χ4n) is 1.81. The Hall–Kier alpha value is -2.71. The molecule has 0 unspecified atom stereocenters. The Morgan fingerprint density at radius 1 is 1.14 bits per heavy atom. The van der Waals surface area contributed by atoms with E-state index in [1.807, 2.05) is 6.07 Å². The third-order valence-corrected chi connectivity index (χ3v) is 3.13. The van der Waals surface area contributed by atoms with Crippen molar-refractivity contribution in [3.05, 3.63) is 58.9 Å². The number of rotatable bonds is 2. The summed E-state index contributed by atoms with van der Waals surface area (Å²) in [6, 6.07) is 13.0. The fourth-order valence-corrected chi connectivity index (χ4v) is 2.00. The second kappa shape index (κ2) is 5.35. The average Bonchev–Trinajstić information content (AvgIpc) is 3.00. The molecule has 0 bridgehead atoms. The highest BCUT2D eigenvalue weighted by molar-refractivity contribution is 6.31. The quantitative estimate of drug-likeness (QED) is 0.715. The summed E-state index contributed by atoms with van der Waals surface area (Å²) in [7, 11) is 0. The molecule has 0 spiro atoms. The van der Waals surface area contributed by atoms with E-state index in [-0.39, 0.29) is 10.9 Å². The highest BCUT2D eigenvalue weighted by Crippen LogP contribution is 2.25. The van der Waals surface area contributed by atoms with Gasteiger partial charge >= 0.3 is 0 Å². The lowest BCUT2D eigenvalue weighted by Gasteiger charge is -1.96. The van der Waals surface area contributed by atoms with Crippen molar-refractivity contribution in [2.45, 2.75) is 0 Å². The molecule has 3 rings (SSSR count). The van der Waals surface area contributed by atoms with Gasteiger partial charge in [0, 0.05) is 11.1 Å². The molecular formula is C15H7ClFN3O. The number of hydrogen-bond donors (Lipinski definition) is 0. The van der Waals surface area contributed by atoms with Crippen molar-refractivity contribution in [3.8, 4) is 28.9 Å². The molecule has 102 valence electrons. The minimum absolute atomic E-state index is 0.00896. The van der Waals surface area contributed by atoms with E-state index >= 15 is 0 Å². The fraction of sp³-hybridized carbons (Fsp3) is 0. The summed E-state index contributed by atoms with van der Waals surface area (Å²) in [6.07, 6.45) is 0. The van der Waals surface area contributed by atoms with Gasteiger partial charge in [-0.2, -0.15) is 10.2 Å². The molecule has 6 heteroatoms. The third kappa shape index (κ3) is 2.62. The van der Waals surface area contributed by atoms with Crippen molar-refractivity contribution < 1.29 is 8.91 Å². The van der Waals surface area contributed by atoms with E-state index in [0.29, 0.717) is 22.5 Å². The molecule has 0 atom stereocenters. The van der Waals surface area contributed by atoms with Gasteiger partial charge in [0.15, 0.2) is 0 Å². The van der Waals surface area contributed by atoms with Crippen LogP contribution in [0.1, 0.15) is 5.56 Å². The standard InChI is InChI=1S/C15H7ClFN3O/c16-12-7-10(4-5-13(12)17)14-19-15(21-20-14)11-3-1-2-9(6-11)8-18/h1-7H. The van der Waals surface area contributed by atoms with E-state index in [1.54, 1.807) is 24.3 Å². The zero-order chi connectivity index (χ0) is 14.8. The Bertz CT molecular complexity index is 854. The molecule has 21 heavy (non-hydrogen) atoms. The van der Waals surface area contributed by atoms with E-state index in [2.05, 4.69) is 10.1 Å². The Morgan fingerprint density at radius 3 is 2.76 bits per heavy atom. The van der Waals surface area contributed by atoms with Gasteiger partial charge in [0.05, 0.1) is 16.7 Å². The van der Waals surface area contributed by atoms with Crippen molar-refractivity contribution in [2.75, 3.05) is 0 Å². The van der Waals surface area contributed by atoms with E-state index in [1.165, 1.54) is 18.2 Å². The average molecular weight is 300 g/mol. The minimum atomic E-state index is -0.508. The smallest absolute Gasteiger partial charge is 0.258 e. The Kier molecular flexibility index (Phi) is 3.38. The molecule has 3 aromatic rings. The van der Waals surface area contributed by atoms with Crippen LogP contribution >= 0.6 is 11.6 Å². The maximum absolute atomic E-state index is 13.1. The maximum atomic E-state index is 13.1. The Labute approximate surface area is 124 Å². The summed E-state index contributed by atoms with van der Waals surface area (Å²) in [6.45, 7) is 0. The highest BCUT2D eigenvalue weighted by Gasteiger charge is 2.12. The molecule has 0 fully saturated rings. The van der Waals surface area contributed by atoms with Gasteiger partial charge < -0.3 is 4.52 Å². The normalized spacial score (nSPS) is 10.3. The molecule has 4 nitrogen and oxygen atoms in total. The van der Waals surface area contributed by atoms with Crippen LogP contribution in [-0.2, 0) is 0 Å². The second-order valence-corrected chi connectivity index (χ2v) is 4.65. The Balaban J connectivity index is 1.99. The second-order valence-electron chi connectivity index (χ2n) is 4.24. The van der Waals surface area contributed by atoms with Gasteiger partial charge in [-0.3, -0.25) is 0 Å². The number of benzene rings is 2. The number of nitrogens with zero attached hydrogens (tertiary/aromatic N) is 3. The number of hydrogen-bond acceptors (Lipinski definition) is 4. The molecule has 0 aliphatic heterocycles. The van der Waals surface area contributed by atoms with Crippen molar-refractivity contribution in [3.63, 3.8) is 0 Å². The first kappa shape index (κ1) is 13.3. The summed E-state index contributed by atoms with van der Waals surface area (Å²) in [5, 5.41) is 12.7. The van der Waals surface area contributed by atoms with Crippen LogP contribution in [0.2, 0.25) is 5.02 Å². The molecule has 0 N–H and O–H groups in total. The molecule has 1 heterocycles. The summed E-state index contributed by atoms with van der Waals surface area (Å²) < 4.78 is 18.3. The van der Waals surface area contributed by atoms with Crippen molar-refractivity contribution in [2.24, 2.45) is 0 Å². The lowest BCUT2D eigenvalue weighted by Crippen LogP contribution is -1.84. The van der Waals surface area contributed by atoms with Crippen LogP contribution in [0.15, 0.2) is 47.0 Å². The first-order valence-electron chi connectivity index (χ1n) is 5.97. The van der Waals surface area contributed by atoms with E-state index in [0.717, 1.165) is 0 Å². The van der Waals surface area contributed by atoms with Crippen LogP contribution in [-0.4, -0.2) is 10.1 Å². The van der Waals surface area contributed by atoms with E-state index in [4.69, 9.17) is 21.4 Å². The van der Waals surface area contributed by atoms with Crippen LogP contribution in [0.25, 0.3) is 22.8 Å². The Morgan fingerprint density at radius 2 is 2.00 bits per heavy atom. The molecule has 0 amide bonds. The van der Waals surface area contributed by atoms with Gasteiger partial charge in [-0.05, 0) is 36.4 Å². The van der Waals surface area contributed by atoms with Crippen molar-refractivity contribution in [1.82, 2.24) is 10.1 Å². The van der Waals surface area contributed by atoms with Gasteiger partial charge in [0.1, 0.15) is 5.82 Å². The van der Waals surface area contributed by atoms with Gasteiger partial charge in [-0.15, -0.1) is 0 Å². The molecule has 0 radical (unpaired) electrons. The monoisotopic (exact) mass is 299 g/mol. The van der Waals surface area contributed by atoms with Gasteiger partial charge in [0.2, 0.25) is 5.82 Å². The third-order valence-electron chi connectivity index (χ3n) is 2.84. The molecular weight excluding hydrogens is 293 g/mol. The lowest BCUT2D eigenvalue weighted by molar-refractivity contribution is 0.432. The van der Waals surface area contributed by atoms with Crippen LogP contribution < -0.4 is 0 Å². The largest absolute Gasteiger partial charge is 0.334 e. The number of nitriles is 1. The zero-order valence-corrected chi connectivity index (χ0v) is 11.3. The van der Waals surface area contributed by atoms with Crippen LogP contribution in [0.3, 0.4) is 0 Å². The van der Waals surface area contributed by atoms with Crippen LogP contribution in [0.5, 0.6) is 0 Å².